The number of halogens is 1. The molecule has 0 bridgehead atoms. The summed E-state index contributed by atoms with van der Waals surface area (Å²) in [5, 5.41) is 11.1. The van der Waals surface area contributed by atoms with Gasteiger partial charge in [0.1, 0.15) is 11.9 Å². The van der Waals surface area contributed by atoms with Crippen LogP contribution in [0.2, 0.25) is 0 Å². The van der Waals surface area contributed by atoms with Gasteiger partial charge in [-0.1, -0.05) is 36.9 Å². The molecular weight excluding hydrogens is 399 g/mol. The molecule has 142 valence electrons. The molecule has 26 heavy (non-hydrogen) atoms. The van der Waals surface area contributed by atoms with Gasteiger partial charge in [0, 0.05) is 5.25 Å². The Hall–Kier alpha value is -1.72. The van der Waals surface area contributed by atoms with Crippen LogP contribution >= 0.6 is 23.1 Å². The van der Waals surface area contributed by atoms with Crippen LogP contribution in [0.15, 0.2) is 28.6 Å². The zero-order valence-corrected chi connectivity index (χ0v) is 17.1. The summed E-state index contributed by atoms with van der Waals surface area (Å²) in [5.41, 5.74) is 0.199. The number of hydrogen-bond donors (Lipinski definition) is 1. The Morgan fingerprint density at radius 2 is 1.85 bits per heavy atom. The third kappa shape index (κ3) is 5.39. The van der Waals surface area contributed by atoms with E-state index >= 15 is 0 Å². The number of carbonyl (C=O) groups is 1. The molecule has 7 nitrogen and oxygen atoms in total. The lowest BCUT2D eigenvalue weighted by Gasteiger charge is -2.27. The molecule has 1 aromatic carbocycles. The number of aromatic nitrogens is 2. The summed E-state index contributed by atoms with van der Waals surface area (Å²) in [4.78, 5) is 12.5. The molecule has 0 saturated heterocycles. The van der Waals surface area contributed by atoms with E-state index in [0.29, 0.717) is 9.59 Å². The summed E-state index contributed by atoms with van der Waals surface area (Å²) in [6.07, 6.45) is 0.989. The molecule has 0 unspecified atom stereocenters. The van der Waals surface area contributed by atoms with Gasteiger partial charge in [0.2, 0.25) is 21.1 Å². The molecule has 0 aliphatic carbocycles. The Morgan fingerprint density at radius 3 is 2.38 bits per heavy atom. The lowest BCUT2D eigenvalue weighted by atomic mass is 10.2. The first-order chi connectivity index (χ1) is 12.1. The Bertz CT molecular complexity index is 869. The molecule has 2 rings (SSSR count). The van der Waals surface area contributed by atoms with Crippen LogP contribution in [0, 0.1) is 5.82 Å². The number of amides is 1. The molecule has 0 spiro atoms. The van der Waals surface area contributed by atoms with Gasteiger partial charge in [0.25, 0.3) is 0 Å². The van der Waals surface area contributed by atoms with Gasteiger partial charge in [-0.25, -0.2) is 12.8 Å². The maximum Gasteiger partial charge on any atom is 0.249 e. The number of thioether (sulfide) groups is 1. The number of rotatable bonds is 7. The van der Waals surface area contributed by atoms with Crippen molar-refractivity contribution < 1.29 is 17.6 Å². The van der Waals surface area contributed by atoms with E-state index in [1.807, 2.05) is 13.8 Å². The predicted octanol–water partition coefficient (Wildman–Crippen LogP) is 2.97. The zero-order valence-electron chi connectivity index (χ0n) is 14.6. The predicted molar refractivity (Wildman–Crippen MR) is 103 cm³/mol. The van der Waals surface area contributed by atoms with E-state index in [1.54, 1.807) is 0 Å². The van der Waals surface area contributed by atoms with Crippen LogP contribution in [0.3, 0.4) is 0 Å². The summed E-state index contributed by atoms with van der Waals surface area (Å²) in [5.74, 6) is -1.06. The van der Waals surface area contributed by atoms with Crippen molar-refractivity contribution >= 4 is 49.8 Å². The Labute approximate surface area is 160 Å². The molecule has 1 atom stereocenters. The third-order valence-electron chi connectivity index (χ3n) is 3.14. The van der Waals surface area contributed by atoms with Crippen molar-refractivity contribution in [3.63, 3.8) is 0 Å². The standard InChI is InChI=1S/C15H19FN4O3S3/c1-9(2)24-15-19-18-14(25-15)17-13(21)10(3)20(26(4,22)23)12-7-5-11(16)6-8-12/h5-10H,1-4H3,(H,17,18,21)/t10-/m1/s1. The third-order valence-corrected chi connectivity index (χ3v) is 6.31. The maximum atomic E-state index is 13.1. The van der Waals surface area contributed by atoms with Crippen molar-refractivity contribution in [2.45, 2.75) is 36.4 Å². The van der Waals surface area contributed by atoms with Crippen molar-refractivity contribution in [3.05, 3.63) is 30.1 Å². The summed E-state index contributed by atoms with van der Waals surface area (Å²) >= 11 is 2.73. The van der Waals surface area contributed by atoms with Crippen LogP contribution in [0.5, 0.6) is 0 Å². The van der Waals surface area contributed by atoms with Crippen LogP contribution < -0.4 is 9.62 Å². The number of benzene rings is 1. The van der Waals surface area contributed by atoms with Gasteiger partial charge in [0.05, 0.1) is 11.9 Å². The number of nitrogens with zero attached hydrogens (tertiary/aromatic N) is 3. The molecule has 1 amide bonds. The number of sulfonamides is 1. The number of nitrogens with one attached hydrogen (secondary N) is 1. The highest BCUT2D eigenvalue weighted by molar-refractivity contribution is 8.01. The monoisotopic (exact) mass is 418 g/mol. The quantitative estimate of drug-likeness (QED) is 0.549. The molecular formula is C15H19FN4O3S3. The maximum absolute atomic E-state index is 13.1. The lowest BCUT2D eigenvalue weighted by Crippen LogP contribution is -2.45. The van der Waals surface area contributed by atoms with Gasteiger partial charge >= 0.3 is 0 Å². The highest BCUT2D eigenvalue weighted by atomic mass is 32.2. The van der Waals surface area contributed by atoms with Gasteiger partial charge in [-0.15, -0.1) is 10.2 Å². The van der Waals surface area contributed by atoms with E-state index in [0.717, 1.165) is 22.7 Å². The Balaban J connectivity index is 2.19. The summed E-state index contributed by atoms with van der Waals surface area (Å²) < 4.78 is 39.1. The molecule has 1 N–H and O–H groups in total. The van der Waals surface area contributed by atoms with Crippen molar-refractivity contribution in [3.8, 4) is 0 Å². The average molecular weight is 419 g/mol. The fourth-order valence-corrected chi connectivity index (χ4v) is 5.27. The van der Waals surface area contributed by atoms with Gasteiger partial charge in [-0.3, -0.25) is 14.4 Å². The van der Waals surface area contributed by atoms with Crippen LogP contribution in [-0.2, 0) is 14.8 Å². The Kier molecular flexibility index (Phi) is 6.58. The minimum Gasteiger partial charge on any atom is -0.299 e. The normalized spacial score (nSPS) is 12.8. The van der Waals surface area contributed by atoms with Gasteiger partial charge in [-0.2, -0.15) is 0 Å². The molecule has 0 radical (unpaired) electrons. The van der Waals surface area contributed by atoms with Crippen molar-refractivity contribution in [2.75, 3.05) is 15.9 Å². The minimum absolute atomic E-state index is 0.199. The highest BCUT2D eigenvalue weighted by Gasteiger charge is 2.29. The van der Waals surface area contributed by atoms with E-state index in [4.69, 9.17) is 0 Å². The fraction of sp³-hybridized carbons (Fsp3) is 0.400. The van der Waals surface area contributed by atoms with Crippen LogP contribution in [0.4, 0.5) is 15.2 Å². The topological polar surface area (TPSA) is 92.3 Å². The molecule has 11 heteroatoms. The van der Waals surface area contributed by atoms with Crippen molar-refractivity contribution in [2.24, 2.45) is 0 Å². The fourth-order valence-electron chi connectivity index (χ4n) is 2.12. The van der Waals surface area contributed by atoms with E-state index < -0.39 is 27.8 Å². The molecule has 0 saturated carbocycles. The molecule has 1 aromatic heterocycles. The SMILES string of the molecule is CC(C)Sc1nnc(NC(=O)[C@@H](C)N(c2ccc(F)cc2)S(C)(=O)=O)s1. The second kappa shape index (κ2) is 8.31. The first-order valence-electron chi connectivity index (χ1n) is 7.64. The molecule has 0 fully saturated rings. The van der Waals surface area contributed by atoms with Gasteiger partial charge in [-0.05, 0) is 31.2 Å². The molecule has 1 heterocycles. The highest BCUT2D eigenvalue weighted by Crippen LogP contribution is 2.29. The summed E-state index contributed by atoms with van der Waals surface area (Å²) in [6.45, 7) is 5.47. The smallest absolute Gasteiger partial charge is 0.249 e. The lowest BCUT2D eigenvalue weighted by molar-refractivity contribution is -0.116. The van der Waals surface area contributed by atoms with Crippen molar-refractivity contribution in [1.82, 2.24) is 10.2 Å². The number of anilines is 2. The second-order valence-corrected chi connectivity index (χ2v) is 10.4. The van der Waals surface area contributed by atoms with E-state index in [9.17, 15) is 17.6 Å². The Morgan fingerprint density at radius 1 is 1.23 bits per heavy atom. The van der Waals surface area contributed by atoms with Crippen LogP contribution in [-0.4, -0.2) is 42.1 Å². The van der Waals surface area contributed by atoms with Gasteiger partial charge in [0.15, 0.2) is 4.34 Å². The first-order valence-corrected chi connectivity index (χ1v) is 11.2. The van der Waals surface area contributed by atoms with Crippen molar-refractivity contribution in [1.29, 1.82) is 0 Å². The zero-order chi connectivity index (χ0) is 19.5. The molecule has 2 aromatic rings. The molecule has 0 aliphatic heterocycles. The van der Waals surface area contributed by atoms with Gasteiger partial charge < -0.3 is 0 Å². The van der Waals surface area contributed by atoms with E-state index in [-0.39, 0.29) is 10.8 Å². The number of carbonyl (C=O) groups excluding carboxylic acids is 1. The van der Waals surface area contributed by atoms with E-state index in [2.05, 4.69) is 15.5 Å². The van der Waals surface area contributed by atoms with Crippen LogP contribution in [0.1, 0.15) is 20.8 Å². The number of hydrogen-bond acceptors (Lipinski definition) is 7. The molecule has 0 aliphatic rings. The minimum atomic E-state index is -3.76. The second-order valence-electron chi connectivity index (χ2n) is 5.74. The van der Waals surface area contributed by atoms with Crippen LogP contribution in [0.25, 0.3) is 0 Å². The summed E-state index contributed by atoms with van der Waals surface area (Å²) in [7, 11) is -3.76. The first kappa shape index (κ1) is 20.6. The summed E-state index contributed by atoms with van der Waals surface area (Å²) in [6, 6.07) is 3.84. The average Bonchev–Trinajstić information content (AvgIpc) is 2.94. The van der Waals surface area contributed by atoms with E-state index in [1.165, 1.54) is 42.2 Å². The largest absolute Gasteiger partial charge is 0.299 e.